The van der Waals surface area contributed by atoms with E-state index in [1.807, 2.05) is 66.1 Å². The Balaban J connectivity index is 1.40. The molecule has 4 aromatic rings. The highest BCUT2D eigenvalue weighted by Gasteiger charge is 2.17. The maximum Gasteiger partial charge on any atom is 0.263 e. The summed E-state index contributed by atoms with van der Waals surface area (Å²) >= 11 is 0. The number of aromatic nitrogens is 2. The largest absolute Gasteiger partial charge is 0.484 e. The first-order chi connectivity index (χ1) is 14.7. The molecule has 30 heavy (non-hydrogen) atoms. The van der Waals surface area contributed by atoms with Gasteiger partial charge in [0.05, 0.1) is 0 Å². The number of anilines is 1. The molecule has 5 rings (SSSR count). The summed E-state index contributed by atoms with van der Waals surface area (Å²) in [5.41, 5.74) is 6.29. The number of pyridine rings is 1. The van der Waals surface area contributed by atoms with Crippen LogP contribution in [0.15, 0.2) is 66.9 Å². The Morgan fingerprint density at radius 2 is 1.90 bits per heavy atom. The van der Waals surface area contributed by atoms with Gasteiger partial charge in [0, 0.05) is 11.8 Å². The quantitative estimate of drug-likeness (QED) is 0.525. The van der Waals surface area contributed by atoms with Crippen LogP contribution in [-0.4, -0.2) is 21.9 Å². The number of fused-ring (bicyclic) bond motifs is 2. The van der Waals surface area contributed by atoms with Gasteiger partial charge in [-0.05, 0) is 61.1 Å². The van der Waals surface area contributed by atoms with Crippen molar-refractivity contribution in [3.8, 4) is 17.0 Å². The van der Waals surface area contributed by atoms with E-state index in [2.05, 4.69) is 17.4 Å². The van der Waals surface area contributed by atoms with E-state index in [1.165, 1.54) is 17.5 Å². The van der Waals surface area contributed by atoms with Crippen LogP contribution in [0.5, 0.6) is 5.75 Å². The first-order valence-electron chi connectivity index (χ1n) is 10.3. The first kappa shape index (κ1) is 18.4. The van der Waals surface area contributed by atoms with Crippen LogP contribution < -0.4 is 10.1 Å². The summed E-state index contributed by atoms with van der Waals surface area (Å²) in [6.07, 6.45) is 5.38. The topological polar surface area (TPSA) is 55.6 Å². The number of hydrogen-bond acceptors (Lipinski definition) is 3. The summed E-state index contributed by atoms with van der Waals surface area (Å²) in [5, 5.41) is 3.02. The molecule has 2 aromatic carbocycles. The van der Waals surface area contributed by atoms with E-state index in [9.17, 15) is 4.79 Å². The number of rotatable bonds is 5. The molecular formula is C25H23N3O2. The number of imidazole rings is 1. The van der Waals surface area contributed by atoms with Gasteiger partial charge in [-0.1, -0.05) is 42.5 Å². The third kappa shape index (κ3) is 3.54. The van der Waals surface area contributed by atoms with E-state index in [0.29, 0.717) is 5.82 Å². The van der Waals surface area contributed by atoms with Crippen molar-refractivity contribution in [2.75, 3.05) is 11.9 Å². The number of benzene rings is 2. The molecule has 5 heteroatoms. The van der Waals surface area contributed by atoms with Crippen LogP contribution in [0, 0.1) is 6.92 Å². The van der Waals surface area contributed by atoms with E-state index < -0.39 is 0 Å². The molecular weight excluding hydrogens is 374 g/mol. The van der Waals surface area contributed by atoms with Crippen LogP contribution in [0.3, 0.4) is 0 Å². The van der Waals surface area contributed by atoms with Crippen LogP contribution in [0.2, 0.25) is 0 Å². The molecule has 1 amide bonds. The smallest absolute Gasteiger partial charge is 0.263 e. The molecule has 1 aliphatic carbocycles. The highest BCUT2D eigenvalue weighted by Crippen LogP contribution is 2.29. The minimum Gasteiger partial charge on any atom is -0.484 e. The monoisotopic (exact) mass is 397 g/mol. The second kappa shape index (κ2) is 7.67. The van der Waals surface area contributed by atoms with Gasteiger partial charge < -0.3 is 10.1 Å². The normalized spacial score (nSPS) is 12.7. The lowest BCUT2D eigenvalue weighted by molar-refractivity contribution is -0.118. The third-order valence-corrected chi connectivity index (χ3v) is 5.51. The molecule has 1 aliphatic rings. The summed E-state index contributed by atoms with van der Waals surface area (Å²) in [6, 6.07) is 20.0. The molecule has 0 atom stereocenters. The van der Waals surface area contributed by atoms with Gasteiger partial charge in [-0.2, -0.15) is 0 Å². The number of carbonyl (C=O) groups excluding carboxylic acids is 1. The summed E-state index contributed by atoms with van der Waals surface area (Å²) in [5.74, 6) is 1.18. The van der Waals surface area contributed by atoms with Gasteiger partial charge in [0.2, 0.25) is 0 Å². The SMILES string of the molecule is Cc1ccc2nc(-c3ccccc3)c(NC(=O)COc3ccc4c(c3)CCC4)n2c1. The average molecular weight is 397 g/mol. The molecule has 0 unspecified atom stereocenters. The van der Waals surface area contributed by atoms with E-state index in [-0.39, 0.29) is 12.5 Å². The van der Waals surface area contributed by atoms with Crippen LogP contribution in [0.25, 0.3) is 16.9 Å². The summed E-state index contributed by atoms with van der Waals surface area (Å²) in [4.78, 5) is 17.5. The highest BCUT2D eigenvalue weighted by atomic mass is 16.5. The summed E-state index contributed by atoms with van der Waals surface area (Å²) in [7, 11) is 0. The third-order valence-electron chi connectivity index (χ3n) is 5.51. The van der Waals surface area contributed by atoms with Gasteiger partial charge in [-0.25, -0.2) is 4.98 Å². The Morgan fingerprint density at radius 3 is 2.77 bits per heavy atom. The summed E-state index contributed by atoms with van der Waals surface area (Å²) < 4.78 is 7.70. The first-order valence-corrected chi connectivity index (χ1v) is 10.3. The highest BCUT2D eigenvalue weighted by molar-refractivity contribution is 5.95. The van der Waals surface area contributed by atoms with Crippen molar-refractivity contribution in [2.24, 2.45) is 0 Å². The summed E-state index contributed by atoms with van der Waals surface area (Å²) in [6.45, 7) is 1.97. The molecule has 0 bridgehead atoms. The molecule has 0 saturated carbocycles. The van der Waals surface area contributed by atoms with Crippen molar-refractivity contribution in [1.82, 2.24) is 9.38 Å². The Morgan fingerprint density at radius 1 is 1.07 bits per heavy atom. The maximum absolute atomic E-state index is 12.8. The van der Waals surface area contributed by atoms with Crippen LogP contribution >= 0.6 is 0 Å². The zero-order valence-corrected chi connectivity index (χ0v) is 16.9. The van der Waals surface area contributed by atoms with Crippen molar-refractivity contribution in [1.29, 1.82) is 0 Å². The predicted molar refractivity (Wildman–Crippen MR) is 118 cm³/mol. The van der Waals surface area contributed by atoms with Gasteiger partial charge in [-0.15, -0.1) is 0 Å². The van der Waals surface area contributed by atoms with Gasteiger partial charge in [0.1, 0.15) is 22.9 Å². The number of nitrogens with zero attached hydrogens (tertiary/aromatic N) is 2. The van der Waals surface area contributed by atoms with Crippen LogP contribution in [-0.2, 0) is 17.6 Å². The fourth-order valence-corrected chi connectivity index (χ4v) is 4.02. The van der Waals surface area contributed by atoms with Crippen LogP contribution in [0.4, 0.5) is 5.82 Å². The second-order valence-corrected chi connectivity index (χ2v) is 7.73. The van der Waals surface area contributed by atoms with Gasteiger partial charge >= 0.3 is 0 Å². The predicted octanol–water partition coefficient (Wildman–Crippen LogP) is 4.82. The van der Waals surface area contributed by atoms with Gasteiger partial charge in [0.25, 0.3) is 5.91 Å². The Kier molecular flexibility index (Phi) is 4.71. The Hall–Kier alpha value is -3.60. The number of nitrogens with one attached hydrogen (secondary N) is 1. The standard InChI is InChI=1S/C25H23N3O2/c1-17-10-13-22-26-24(19-6-3-2-4-7-19)25(28(22)15-17)27-23(29)16-30-21-12-11-18-8-5-9-20(18)14-21/h2-4,6-7,10-15H,5,8-9,16H2,1H3,(H,27,29). The van der Waals surface area contributed by atoms with Gasteiger partial charge in [0.15, 0.2) is 6.61 Å². The molecule has 0 aliphatic heterocycles. The molecule has 0 saturated heterocycles. The van der Waals surface area contributed by atoms with Crippen molar-refractivity contribution >= 4 is 17.4 Å². The van der Waals surface area contributed by atoms with Crippen molar-refractivity contribution in [3.05, 3.63) is 83.6 Å². The fraction of sp³-hybridized carbons (Fsp3) is 0.200. The molecule has 2 aromatic heterocycles. The molecule has 0 fully saturated rings. The van der Waals surface area contributed by atoms with E-state index >= 15 is 0 Å². The molecule has 0 radical (unpaired) electrons. The second-order valence-electron chi connectivity index (χ2n) is 7.73. The molecule has 150 valence electrons. The number of hydrogen-bond donors (Lipinski definition) is 1. The molecule has 2 heterocycles. The van der Waals surface area contributed by atoms with E-state index in [4.69, 9.17) is 9.72 Å². The molecule has 5 nitrogen and oxygen atoms in total. The number of carbonyl (C=O) groups is 1. The number of ether oxygens (including phenoxy) is 1. The van der Waals surface area contributed by atoms with Crippen LogP contribution in [0.1, 0.15) is 23.1 Å². The molecule has 1 N–H and O–H groups in total. The van der Waals surface area contributed by atoms with E-state index in [1.54, 1.807) is 0 Å². The number of aryl methyl sites for hydroxylation is 3. The Bertz CT molecular complexity index is 1230. The average Bonchev–Trinajstić information content (AvgIpc) is 3.37. The van der Waals surface area contributed by atoms with Gasteiger partial charge in [-0.3, -0.25) is 9.20 Å². The lowest BCUT2D eigenvalue weighted by Crippen LogP contribution is -2.21. The minimum atomic E-state index is -0.212. The zero-order chi connectivity index (χ0) is 20.5. The molecule has 0 spiro atoms. The van der Waals surface area contributed by atoms with Crippen molar-refractivity contribution in [2.45, 2.75) is 26.2 Å². The fourth-order valence-electron chi connectivity index (χ4n) is 4.02. The minimum absolute atomic E-state index is 0.0495. The lowest BCUT2D eigenvalue weighted by atomic mass is 10.1. The van der Waals surface area contributed by atoms with Crippen molar-refractivity contribution in [3.63, 3.8) is 0 Å². The van der Waals surface area contributed by atoms with E-state index in [0.717, 1.165) is 41.1 Å². The Labute approximate surface area is 175 Å². The van der Waals surface area contributed by atoms with Crippen molar-refractivity contribution < 1.29 is 9.53 Å². The lowest BCUT2D eigenvalue weighted by Gasteiger charge is -2.10. The zero-order valence-electron chi connectivity index (χ0n) is 16.9. The number of amides is 1. The maximum atomic E-state index is 12.8.